The van der Waals surface area contributed by atoms with Crippen LogP contribution in [0.4, 0.5) is 5.69 Å². The maximum Gasteiger partial charge on any atom is 0.344 e. The molecule has 2 N–H and O–H groups in total. The Labute approximate surface area is 120 Å². The van der Waals surface area contributed by atoms with E-state index in [1.807, 2.05) is 0 Å². The summed E-state index contributed by atoms with van der Waals surface area (Å²) in [4.78, 5) is 11.9. The van der Waals surface area contributed by atoms with Gasteiger partial charge in [0.25, 0.3) is 0 Å². The van der Waals surface area contributed by atoms with Crippen molar-refractivity contribution in [3.8, 4) is 5.75 Å². The Morgan fingerprint density at radius 2 is 2.00 bits per heavy atom. The second kappa shape index (κ2) is 8.43. The fourth-order valence-electron chi connectivity index (χ4n) is 1.62. The van der Waals surface area contributed by atoms with Crippen molar-refractivity contribution in [3.63, 3.8) is 0 Å². The Morgan fingerprint density at radius 1 is 1.25 bits per heavy atom. The first-order valence-electron chi connectivity index (χ1n) is 6.73. The smallest absolute Gasteiger partial charge is 0.344 e. The number of nitrogen functional groups attached to an aromatic ring is 1. The van der Waals surface area contributed by atoms with Crippen LogP contribution in [0.1, 0.15) is 30.6 Å². The minimum absolute atomic E-state index is 0.203. The van der Waals surface area contributed by atoms with Crippen LogP contribution < -0.4 is 10.5 Å². The maximum atomic E-state index is 11.9. The van der Waals surface area contributed by atoms with Crippen molar-refractivity contribution >= 4 is 11.7 Å². The van der Waals surface area contributed by atoms with Crippen molar-refractivity contribution in [3.05, 3.63) is 23.8 Å². The zero-order valence-corrected chi connectivity index (χ0v) is 12.3. The highest BCUT2D eigenvalue weighted by Crippen LogP contribution is 2.24. The summed E-state index contributed by atoms with van der Waals surface area (Å²) in [6, 6.07) is 5.03. The van der Waals surface area contributed by atoms with Gasteiger partial charge in [-0.1, -0.05) is 19.9 Å². The van der Waals surface area contributed by atoms with Crippen LogP contribution in [-0.4, -0.2) is 32.9 Å². The molecule has 0 atom stereocenters. The van der Waals surface area contributed by atoms with Gasteiger partial charge in [0.05, 0.1) is 13.7 Å². The third-order valence-corrected chi connectivity index (χ3v) is 2.78. The number of anilines is 1. The monoisotopic (exact) mass is 281 g/mol. The summed E-state index contributed by atoms with van der Waals surface area (Å²) >= 11 is 0. The number of rotatable bonds is 8. The number of nitrogens with two attached hydrogens (primary N) is 1. The van der Waals surface area contributed by atoms with Crippen molar-refractivity contribution in [2.24, 2.45) is 5.92 Å². The predicted molar refractivity (Wildman–Crippen MR) is 78.0 cm³/mol. The van der Waals surface area contributed by atoms with E-state index in [9.17, 15) is 4.79 Å². The summed E-state index contributed by atoms with van der Waals surface area (Å²) in [7, 11) is 1.49. The number of esters is 1. The normalized spacial score (nSPS) is 10.6. The molecular weight excluding hydrogens is 258 g/mol. The molecular formula is C15H23NO4. The highest BCUT2D eigenvalue weighted by molar-refractivity contribution is 5.98. The average molecular weight is 281 g/mol. The van der Waals surface area contributed by atoms with Crippen molar-refractivity contribution in [1.29, 1.82) is 0 Å². The molecule has 112 valence electrons. The van der Waals surface area contributed by atoms with E-state index in [2.05, 4.69) is 13.8 Å². The summed E-state index contributed by atoms with van der Waals surface area (Å²) in [5.41, 5.74) is 6.37. The molecule has 0 spiro atoms. The second-order valence-corrected chi connectivity index (χ2v) is 4.86. The van der Waals surface area contributed by atoms with E-state index in [0.29, 0.717) is 30.6 Å². The van der Waals surface area contributed by atoms with E-state index in [1.165, 1.54) is 7.11 Å². The molecule has 1 rings (SSSR count). The van der Waals surface area contributed by atoms with E-state index in [0.717, 1.165) is 6.42 Å². The van der Waals surface area contributed by atoms with Crippen LogP contribution in [0.2, 0.25) is 0 Å². The molecule has 1 aromatic rings. The molecule has 0 amide bonds. The van der Waals surface area contributed by atoms with Crippen LogP contribution in [0.15, 0.2) is 18.2 Å². The van der Waals surface area contributed by atoms with Gasteiger partial charge in [-0.25, -0.2) is 4.79 Å². The molecule has 0 saturated heterocycles. The van der Waals surface area contributed by atoms with Gasteiger partial charge in [-0.3, -0.25) is 0 Å². The summed E-state index contributed by atoms with van der Waals surface area (Å²) < 4.78 is 15.6. The molecule has 0 saturated carbocycles. The molecule has 0 radical (unpaired) electrons. The van der Waals surface area contributed by atoms with Gasteiger partial charge in [-0.2, -0.15) is 0 Å². The van der Waals surface area contributed by atoms with Gasteiger partial charge in [0.15, 0.2) is 0 Å². The minimum Gasteiger partial charge on any atom is -0.496 e. The highest BCUT2D eigenvalue weighted by atomic mass is 16.6. The van der Waals surface area contributed by atoms with Gasteiger partial charge in [0.1, 0.15) is 17.9 Å². The number of carbonyl (C=O) groups excluding carboxylic acids is 1. The molecule has 0 heterocycles. The minimum atomic E-state index is -0.493. The number of carbonyl (C=O) groups is 1. The first-order chi connectivity index (χ1) is 9.56. The van der Waals surface area contributed by atoms with Crippen LogP contribution in [-0.2, 0) is 9.47 Å². The van der Waals surface area contributed by atoms with E-state index in [4.69, 9.17) is 19.9 Å². The van der Waals surface area contributed by atoms with Crippen molar-refractivity contribution in [1.82, 2.24) is 0 Å². The van der Waals surface area contributed by atoms with Gasteiger partial charge in [0, 0.05) is 12.3 Å². The summed E-state index contributed by atoms with van der Waals surface area (Å²) in [5, 5.41) is 0. The zero-order chi connectivity index (χ0) is 15.0. The van der Waals surface area contributed by atoms with E-state index in [1.54, 1.807) is 18.2 Å². The Morgan fingerprint density at radius 3 is 2.65 bits per heavy atom. The molecule has 0 fully saturated rings. The predicted octanol–water partition coefficient (Wildman–Crippen LogP) is 2.50. The lowest BCUT2D eigenvalue weighted by Crippen LogP contribution is -2.14. The molecule has 5 nitrogen and oxygen atoms in total. The molecule has 0 aliphatic rings. The topological polar surface area (TPSA) is 70.8 Å². The van der Waals surface area contributed by atoms with Gasteiger partial charge in [0.2, 0.25) is 0 Å². The zero-order valence-electron chi connectivity index (χ0n) is 12.3. The largest absolute Gasteiger partial charge is 0.496 e. The Kier molecular flexibility index (Phi) is 6.87. The number of ether oxygens (including phenoxy) is 3. The van der Waals surface area contributed by atoms with Gasteiger partial charge >= 0.3 is 5.97 Å². The van der Waals surface area contributed by atoms with Crippen molar-refractivity contribution in [2.45, 2.75) is 20.3 Å². The second-order valence-electron chi connectivity index (χ2n) is 4.86. The third-order valence-electron chi connectivity index (χ3n) is 2.78. The lowest BCUT2D eigenvalue weighted by atomic mass is 10.1. The number of hydrogen-bond acceptors (Lipinski definition) is 5. The van der Waals surface area contributed by atoms with E-state index >= 15 is 0 Å². The first-order valence-corrected chi connectivity index (χ1v) is 6.73. The van der Waals surface area contributed by atoms with Crippen LogP contribution >= 0.6 is 0 Å². The lowest BCUT2D eigenvalue weighted by molar-refractivity contribution is 0.0301. The van der Waals surface area contributed by atoms with Crippen LogP contribution in [0.5, 0.6) is 5.75 Å². The molecule has 0 aliphatic carbocycles. The molecule has 1 aromatic carbocycles. The van der Waals surface area contributed by atoms with Gasteiger partial charge in [-0.05, 0) is 24.5 Å². The van der Waals surface area contributed by atoms with Crippen molar-refractivity contribution < 1.29 is 19.0 Å². The number of methoxy groups -OCH3 is 1. The molecule has 20 heavy (non-hydrogen) atoms. The maximum absolute atomic E-state index is 11.9. The SMILES string of the molecule is COc1cccc(N)c1C(=O)OCCOCCC(C)C. The quantitative estimate of drug-likeness (QED) is 0.450. The summed E-state index contributed by atoms with van der Waals surface area (Å²) in [6.45, 7) is 5.52. The first kappa shape index (κ1) is 16.3. The van der Waals surface area contributed by atoms with Crippen LogP contribution in [0.3, 0.4) is 0 Å². The van der Waals surface area contributed by atoms with E-state index < -0.39 is 5.97 Å². The lowest BCUT2D eigenvalue weighted by Gasteiger charge is -2.11. The summed E-state index contributed by atoms with van der Waals surface area (Å²) in [6.07, 6.45) is 0.993. The molecule has 5 heteroatoms. The Balaban J connectivity index is 2.40. The Bertz CT molecular complexity index is 432. The van der Waals surface area contributed by atoms with Gasteiger partial charge < -0.3 is 19.9 Å². The van der Waals surface area contributed by atoms with Crippen LogP contribution in [0, 0.1) is 5.92 Å². The van der Waals surface area contributed by atoms with Crippen molar-refractivity contribution in [2.75, 3.05) is 32.7 Å². The molecule has 0 unspecified atom stereocenters. The number of benzene rings is 1. The van der Waals surface area contributed by atoms with E-state index in [-0.39, 0.29) is 12.2 Å². The standard InChI is InChI=1S/C15H23NO4/c1-11(2)7-8-19-9-10-20-15(17)14-12(16)5-4-6-13(14)18-3/h4-6,11H,7-10,16H2,1-3H3. The van der Waals surface area contributed by atoms with Gasteiger partial charge in [-0.15, -0.1) is 0 Å². The number of hydrogen-bond donors (Lipinski definition) is 1. The molecule has 0 bridgehead atoms. The Hall–Kier alpha value is -1.75. The fraction of sp³-hybridized carbons (Fsp3) is 0.533. The third kappa shape index (κ3) is 5.09. The van der Waals surface area contributed by atoms with Crippen LogP contribution in [0.25, 0.3) is 0 Å². The average Bonchev–Trinajstić information content (AvgIpc) is 2.41. The summed E-state index contributed by atoms with van der Waals surface area (Å²) in [5.74, 6) is 0.522. The highest BCUT2D eigenvalue weighted by Gasteiger charge is 2.16. The molecule has 0 aliphatic heterocycles. The fourth-order valence-corrected chi connectivity index (χ4v) is 1.62. The molecule has 0 aromatic heterocycles.